The molecule has 0 amide bonds. The molecular weight excluding hydrogens is 99.0 g/mol. The number of carbonyl (C=O) groups excluding carboxylic acids is 1. The number of carboxylic acid groups (broad SMARTS) is 1. The number of carbonyl (C=O) groups is 1. The largest absolute Gasteiger partial charge is 1.00 e. The van der Waals surface area contributed by atoms with Crippen LogP contribution in [0.1, 0.15) is 12.8 Å². The van der Waals surface area contributed by atoms with E-state index in [0.717, 1.165) is 0 Å². The normalized spacial score (nSPS) is 7.00. The predicted octanol–water partition coefficient (Wildman–Crippen LogP) is -3.29. The van der Waals surface area contributed by atoms with Gasteiger partial charge < -0.3 is 9.90 Å². The van der Waals surface area contributed by atoms with E-state index in [-0.39, 0.29) is 25.3 Å². The summed E-state index contributed by atoms with van der Waals surface area (Å²) in [5.41, 5.74) is 0. The third-order valence-corrected chi connectivity index (χ3v) is 0.553. The van der Waals surface area contributed by atoms with Crippen molar-refractivity contribution in [3.63, 3.8) is 0 Å². The summed E-state index contributed by atoms with van der Waals surface area (Å²) in [5, 5.41) is 9.60. The summed E-state index contributed by atoms with van der Waals surface area (Å²) >= 11 is 0. The first-order valence-electron chi connectivity index (χ1n) is 2.08. The van der Waals surface area contributed by atoms with Gasteiger partial charge in [0.1, 0.15) is 0 Å². The summed E-state index contributed by atoms with van der Waals surface area (Å²) < 4.78 is 0. The van der Waals surface area contributed by atoms with E-state index in [0.29, 0.717) is 6.42 Å². The van der Waals surface area contributed by atoms with Gasteiger partial charge in [-0.25, -0.2) is 0 Å². The van der Waals surface area contributed by atoms with Crippen molar-refractivity contribution in [3.05, 3.63) is 12.7 Å². The van der Waals surface area contributed by atoms with Crippen LogP contribution >= 0.6 is 0 Å². The van der Waals surface area contributed by atoms with Crippen molar-refractivity contribution < 1.29 is 28.8 Å². The monoisotopic (exact) mass is 106 g/mol. The Balaban J connectivity index is 0. The minimum atomic E-state index is -1.01. The van der Waals surface area contributed by atoms with E-state index in [1.54, 1.807) is 6.08 Å². The zero-order valence-electron chi connectivity index (χ0n) is 5.02. The van der Waals surface area contributed by atoms with Crippen LogP contribution in [-0.4, -0.2) is 5.97 Å². The minimum absolute atomic E-state index is 0. The number of allylic oxidation sites excluding steroid dienone is 1. The third-order valence-electron chi connectivity index (χ3n) is 0.553. The zero-order valence-corrected chi connectivity index (χ0v) is 5.02. The summed E-state index contributed by atoms with van der Waals surface area (Å²) in [4.78, 5) is 9.60. The Kier molecular flexibility index (Phi) is 9.13. The van der Waals surface area contributed by atoms with Crippen molar-refractivity contribution in [1.82, 2.24) is 0 Å². The van der Waals surface area contributed by atoms with Crippen LogP contribution in [0.3, 0.4) is 0 Å². The van der Waals surface area contributed by atoms with Gasteiger partial charge >= 0.3 is 18.9 Å². The maximum atomic E-state index is 9.60. The quantitative estimate of drug-likeness (QED) is 0.279. The van der Waals surface area contributed by atoms with E-state index in [2.05, 4.69) is 6.58 Å². The summed E-state index contributed by atoms with van der Waals surface area (Å²) in [5.74, 6) is -1.01. The number of carboxylic acids is 1. The molecule has 3 heteroatoms. The SMILES string of the molecule is C=CCCC(=O)[O-].[Li+]. The van der Waals surface area contributed by atoms with Crippen LogP contribution in [0.25, 0.3) is 0 Å². The molecule has 0 aromatic carbocycles. The predicted molar refractivity (Wildman–Crippen MR) is 24.4 cm³/mol. The fourth-order valence-electron chi connectivity index (χ4n) is 0.220. The first-order chi connectivity index (χ1) is 3.27. The number of aliphatic carboxylic acids is 1. The molecule has 0 aliphatic heterocycles. The summed E-state index contributed by atoms with van der Waals surface area (Å²) in [6.07, 6.45) is 2.14. The van der Waals surface area contributed by atoms with Crippen molar-refractivity contribution in [1.29, 1.82) is 0 Å². The molecule has 0 bridgehead atoms. The van der Waals surface area contributed by atoms with E-state index >= 15 is 0 Å². The molecule has 0 radical (unpaired) electrons. The first-order valence-corrected chi connectivity index (χ1v) is 2.08. The molecule has 8 heavy (non-hydrogen) atoms. The molecule has 0 saturated heterocycles. The third kappa shape index (κ3) is 9.26. The molecule has 0 heterocycles. The number of hydrogen-bond donors (Lipinski definition) is 0. The molecule has 40 valence electrons. The summed E-state index contributed by atoms with van der Waals surface area (Å²) in [6, 6.07) is 0. The minimum Gasteiger partial charge on any atom is -0.550 e. The maximum absolute atomic E-state index is 9.60. The Hall–Kier alpha value is -0.193. The van der Waals surface area contributed by atoms with Gasteiger partial charge in [0.05, 0.1) is 0 Å². The second-order valence-corrected chi connectivity index (χ2v) is 1.20. The van der Waals surface area contributed by atoms with Gasteiger partial charge in [-0.15, -0.1) is 6.58 Å². The number of rotatable bonds is 3. The summed E-state index contributed by atoms with van der Waals surface area (Å²) in [7, 11) is 0. The Labute approximate surface area is 60.8 Å². The van der Waals surface area contributed by atoms with E-state index in [1.165, 1.54) is 0 Å². The molecule has 0 saturated carbocycles. The van der Waals surface area contributed by atoms with Crippen LogP contribution in [0.5, 0.6) is 0 Å². The van der Waals surface area contributed by atoms with Crippen molar-refractivity contribution in [2.24, 2.45) is 0 Å². The van der Waals surface area contributed by atoms with Gasteiger partial charge in [-0.3, -0.25) is 0 Å². The molecule has 0 aromatic heterocycles. The molecule has 0 aromatic rings. The van der Waals surface area contributed by atoms with E-state index in [1.807, 2.05) is 0 Å². The fraction of sp³-hybridized carbons (Fsp3) is 0.400. The Morgan fingerprint density at radius 3 is 2.38 bits per heavy atom. The standard InChI is InChI=1S/C5H8O2.Li/c1-2-3-4-5(6)7;/h2H,1,3-4H2,(H,6,7);/q;+1/p-1. The fourth-order valence-corrected chi connectivity index (χ4v) is 0.220. The van der Waals surface area contributed by atoms with Gasteiger partial charge in [-0.2, -0.15) is 0 Å². The molecule has 2 nitrogen and oxygen atoms in total. The Bertz CT molecular complexity index is 80.5. The van der Waals surface area contributed by atoms with Crippen molar-refractivity contribution >= 4 is 5.97 Å². The van der Waals surface area contributed by atoms with E-state index < -0.39 is 5.97 Å². The van der Waals surface area contributed by atoms with Crippen LogP contribution < -0.4 is 24.0 Å². The first kappa shape index (κ1) is 10.7. The van der Waals surface area contributed by atoms with E-state index in [9.17, 15) is 9.90 Å². The van der Waals surface area contributed by atoms with Crippen LogP contribution in [-0.2, 0) is 4.79 Å². The molecule has 0 aliphatic rings. The molecule has 0 atom stereocenters. The maximum Gasteiger partial charge on any atom is 1.00 e. The van der Waals surface area contributed by atoms with Crippen molar-refractivity contribution in [3.8, 4) is 0 Å². The van der Waals surface area contributed by atoms with Crippen LogP contribution in [0.15, 0.2) is 12.7 Å². The van der Waals surface area contributed by atoms with Gasteiger partial charge in [0.2, 0.25) is 0 Å². The van der Waals surface area contributed by atoms with Crippen LogP contribution in [0.4, 0.5) is 0 Å². The smallest absolute Gasteiger partial charge is 0.550 e. The second kappa shape index (κ2) is 6.81. The zero-order chi connectivity index (χ0) is 5.70. The Morgan fingerprint density at radius 2 is 2.25 bits per heavy atom. The van der Waals surface area contributed by atoms with E-state index in [4.69, 9.17) is 0 Å². The van der Waals surface area contributed by atoms with Gasteiger partial charge in [0, 0.05) is 5.97 Å². The van der Waals surface area contributed by atoms with Gasteiger partial charge in [0.25, 0.3) is 0 Å². The molecule has 0 rings (SSSR count). The average Bonchev–Trinajstić information content (AvgIpc) is 1.61. The van der Waals surface area contributed by atoms with Gasteiger partial charge in [-0.05, 0) is 12.8 Å². The average molecular weight is 106 g/mol. The molecule has 0 fully saturated rings. The molecule has 0 unspecified atom stereocenters. The molecule has 0 spiro atoms. The van der Waals surface area contributed by atoms with Crippen LogP contribution in [0.2, 0.25) is 0 Å². The molecular formula is C5H7LiO2. The van der Waals surface area contributed by atoms with Gasteiger partial charge in [-0.1, -0.05) is 6.08 Å². The number of hydrogen-bond acceptors (Lipinski definition) is 2. The Morgan fingerprint density at radius 1 is 1.75 bits per heavy atom. The summed E-state index contributed by atoms with van der Waals surface area (Å²) in [6.45, 7) is 3.34. The van der Waals surface area contributed by atoms with Crippen molar-refractivity contribution in [2.45, 2.75) is 12.8 Å². The van der Waals surface area contributed by atoms with Gasteiger partial charge in [0.15, 0.2) is 0 Å². The topological polar surface area (TPSA) is 40.1 Å². The molecule has 0 aliphatic carbocycles. The van der Waals surface area contributed by atoms with Crippen LogP contribution in [0, 0.1) is 0 Å². The molecule has 0 N–H and O–H groups in total. The van der Waals surface area contributed by atoms with Crippen molar-refractivity contribution in [2.75, 3.05) is 0 Å². The second-order valence-electron chi connectivity index (χ2n) is 1.20.